The van der Waals surface area contributed by atoms with E-state index in [-0.39, 0.29) is 11.6 Å². The first-order chi connectivity index (χ1) is 9.66. The van der Waals surface area contributed by atoms with Crippen molar-refractivity contribution < 1.29 is 8.91 Å². The molecule has 0 bridgehead atoms. The molecule has 5 nitrogen and oxygen atoms in total. The van der Waals surface area contributed by atoms with Crippen molar-refractivity contribution in [3.05, 3.63) is 48.0 Å². The summed E-state index contributed by atoms with van der Waals surface area (Å²) in [6.45, 7) is 1.92. The summed E-state index contributed by atoms with van der Waals surface area (Å²) in [6, 6.07) is 6.30. The molecular formula is C14H11FN4O. The van der Waals surface area contributed by atoms with Crippen molar-refractivity contribution in [1.29, 1.82) is 0 Å². The molecule has 0 aliphatic carbocycles. The summed E-state index contributed by atoms with van der Waals surface area (Å²) in [6.07, 6.45) is 3.34. The number of rotatable bonds is 2. The van der Waals surface area contributed by atoms with Gasteiger partial charge in [0.1, 0.15) is 5.82 Å². The standard InChI is InChI=1S/C14H11FN4O/c1-8-5-6-17-7-10(8)13-18-14(20-19-13)9-3-2-4-11(15)12(9)16/h2-7H,16H2,1H3. The Balaban J connectivity index is 2.07. The van der Waals surface area contributed by atoms with Gasteiger partial charge >= 0.3 is 0 Å². The molecule has 0 spiro atoms. The van der Waals surface area contributed by atoms with E-state index in [4.69, 9.17) is 10.3 Å². The minimum atomic E-state index is -0.514. The molecule has 3 aromatic rings. The summed E-state index contributed by atoms with van der Waals surface area (Å²) in [5.74, 6) is 0.0642. The van der Waals surface area contributed by atoms with Gasteiger partial charge in [-0.3, -0.25) is 4.98 Å². The average molecular weight is 270 g/mol. The number of nitrogen functional groups attached to an aromatic ring is 1. The van der Waals surface area contributed by atoms with Crippen LogP contribution in [0.25, 0.3) is 22.8 Å². The predicted molar refractivity (Wildman–Crippen MR) is 72.1 cm³/mol. The summed E-state index contributed by atoms with van der Waals surface area (Å²) < 4.78 is 18.6. The van der Waals surface area contributed by atoms with Crippen molar-refractivity contribution in [2.24, 2.45) is 0 Å². The highest BCUT2D eigenvalue weighted by atomic mass is 19.1. The van der Waals surface area contributed by atoms with Gasteiger partial charge in [0.25, 0.3) is 5.89 Å². The maximum Gasteiger partial charge on any atom is 0.260 e. The maximum absolute atomic E-state index is 13.4. The van der Waals surface area contributed by atoms with Crippen LogP contribution in [0.1, 0.15) is 5.56 Å². The van der Waals surface area contributed by atoms with Crippen molar-refractivity contribution in [3.63, 3.8) is 0 Å². The zero-order valence-electron chi connectivity index (χ0n) is 10.7. The molecule has 2 aromatic heterocycles. The minimum Gasteiger partial charge on any atom is -0.396 e. The monoisotopic (exact) mass is 270 g/mol. The summed E-state index contributed by atoms with van der Waals surface area (Å²) in [5, 5.41) is 3.89. The van der Waals surface area contributed by atoms with E-state index in [1.165, 1.54) is 6.07 Å². The van der Waals surface area contributed by atoms with Crippen LogP contribution in [0.2, 0.25) is 0 Å². The van der Waals surface area contributed by atoms with E-state index < -0.39 is 5.82 Å². The Morgan fingerprint density at radius 1 is 1.20 bits per heavy atom. The van der Waals surface area contributed by atoms with Gasteiger partial charge in [-0.1, -0.05) is 11.2 Å². The van der Waals surface area contributed by atoms with Gasteiger partial charge in [-0.25, -0.2) is 4.39 Å². The Morgan fingerprint density at radius 3 is 2.85 bits per heavy atom. The highest BCUT2D eigenvalue weighted by Crippen LogP contribution is 2.28. The predicted octanol–water partition coefficient (Wildman–Crippen LogP) is 2.83. The molecule has 0 unspecified atom stereocenters. The third kappa shape index (κ3) is 2.01. The minimum absolute atomic E-state index is 0.00870. The second kappa shape index (κ2) is 4.73. The molecule has 0 fully saturated rings. The van der Waals surface area contributed by atoms with Gasteiger partial charge in [0.05, 0.1) is 11.3 Å². The van der Waals surface area contributed by atoms with Crippen molar-refractivity contribution in [1.82, 2.24) is 15.1 Å². The smallest absolute Gasteiger partial charge is 0.260 e. The van der Waals surface area contributed by atoms with E-state index in [0.717, 1.165) is 11.1 Å². The SMILES string of the molecule is Cc1ccncc1-c1noc(-c2cccc(F)c2N)n1. The molecule has 3 rings (SSSR count). The molecular weight excluding hydrogens is 259 g/mol. The Morgan fingerprint density at radius 2 is 2.05 bits per heavy atom. The Labute approximate surface area is 114 Å². The van der Waals surface area contributed by atoms with Gasteiger partial charge in [-0.2, -0.15) is 4.98 Å². The van der Waals surface area contributed by atoms with Gasteiger partial charge in [0.2, 0.25) is 5.82 Å². The van der Waals surface area contributed by atoms with Crippen molar-refractivity contribution in [3.8, 4) is 22.8 Å². The normalized spacial score (nSPS) is 10.7. The molecule has 20 heavy (non-hydrogen) atoms. The maximum atomic E-state index is 13.4. The second-order valence-corrected chi connectivity index (χ2v) is 4.31. The summed E-state index contributed by atoms with van der Waals surface area (Å²) in [7, 11) is 0. The van der Waals surface area contributed by atoms with Gasteiger partial charge in [0, 0.05) is 18.0 Å². The summed E-state index contributed by atoms with van der Waals surface area (Å²) in [4.78, 5) is 8.28. The van der Waals surface area contributed by atoms with Crippen molar-refractivity contribution in [2.75, 3.05) is 5.73 Å². The molecule has 6 heteroatoms. The van der Waals surface area contributed by atoms with E-state index >= 15 is 0 Å². The van der Waals surface area contributed by atoms with Gasteiger partial charge in [-0.15, -0.1) is 0 Å². The van der Waals surface area contributed by atoms with Crippen LogP contribution < -0.4 is 5.73 Å². The summed E-state index contributed by atoms with van der Waals surface area (Å²) >= 11 is 0. The lowest BCUT2D eigenvalue weighted by Crippen LogP contribution is -1.94. The number of benzene rings is 1. The Bertz CT molecular complexity index is 769. The van der Waals surface area contributed by atoms with Crippen molar-refractivity contribution in [2.45, 2.75) is 6.92 Å². The number of hydrogen-bond acceptors (Lipinski definition) is 5. The van der Waals surface area contributed by atoms with Crippen LogP contribution in [-0.4, -0.2) is 15.1 Å². The lowest BCUT2D eigenvalue weighted by atomic mass is 10.1. The number of anilines is 1. The van der Waals surface area contributed by atoms with Crippen LogP contribution in [0.5, 0.6) is 0 Å². The van der Waals surface area contributed by atoms with Crippen molar-refractivity contribution >= 4 is 5.69 Å². The molecule has 0 atom stereocenters. The number of nitrogens with zero attached hydrogens (tertiary/aromatic N) is 3. The molecule has 0 amide bonds. The highest BCUT2D eigenvalue weighted by molar-refractivity contribution is 5.72. The number of para-hydroxylation sites is 1. The first-order valence-electron chi connectivity index (χ1n) is 5.96. The van der Waals surface area contributed by atoms with Crippen LogP contribution in [-0.2, 0) is 0 Å². The quantitative estimate of drug-likeness (QED) is 0.724. The topological polar surface area (TPSA) is 77.8 Å². The summed E-state index contributed by atoms with van der Waals surface area (Å²) in [5.41, 5.74) is 7.78. The third-order valence-electron chi connectivity index (χ3n) is 2.99. The van der Waals surface area contributed by atoms with E-state index in [0.29, 0.717) is 11.4 Å². The number of nitrogens with two attached hydrogens (primary N) is 1. The van der Waals surface area contributed by atoms with Gasteiger partial charge < -0.3 is 10.3 Å². The second-order valence-electron chi connectivity index (χ2n) is 4.31. The zero-order valence-corrected chi connectivity index (χ0v) is 10.7. The van der Waals surface area contributed by atoms with Crippen LogP contribution in [0.4, 0.5) is 10.1 Å². The van der Waals surface area contributed by atoms with Crippen LogP contribution in [0.3, 0.4) is 0 Å². The van der Waals surface area contributed by atoms with Crippen LogP contribution in [0, 0.1) is 12.7 Å². The molecule has 0 aliphatic heterocycles. The molecule has 2 heterocycles. The van der Waals surface area contributed by atoms with E-state index in [9.17, 15) is 4.39 Å². The average Bonchev–Trinajstić information content (AvgIpc) is 2.92. The fraction of sp³-hybridized carbons (Fsp3) is 0.0714. The molecule has 0 aliphatic rings. The number of aryl methyl sites for hydroxylation is 1. The zero-order chi connectivity index (χ0) is 14.1. The van der Waals surface area contributed by atoms with Gasteiger partial charge in [0.15, 0.2) is 0 Å². The lowest BCUT2D eigenvalue weighted by molar-refractivity contribution is 0.432. The van der Waals surface area contributed by atoms with Gasteiger partial charge in [-0.05, 0) is 30.7 Å². The number of halogens is 1. The fourth-order valence-corrected chi connectivity index (χ4v) is 1.86. The molecule has 0 saturated heterocycles. The Kier molecular flexibility index (Phi) is 2.90. The molecule has 100 valence electrons. The fourth-order valence-electron chi connectivity index (χ4n) is 1.86. The third-order valence-corrected chi connectivity index (χ3v) is 2.99. The number of aromatic nitrogens is 3. The first kappa shape index (κ1) is 12.3. The van der Waals surface area contributed by atoms with Crippen LogP contribution in [0.15, 0.2) is 41.2 Å². The molecule has 2 N–H and O–H groups in total. The molecule has 0 radical (unpaired) electrons. The van der Waals surface area contributed by atoms with E-state index in [2.05, 4.69) is 15.1 Å². The molecule has 1 aromatic carbocycles. The molecule has 0 saturated carbocycles. The lowest BCUT2D eigenvalue weighted by Gasteiger charge is -2.00. The highest BCUT2D eigenvalue weighted by Gasteiger charge is 2.15. The van der Waals surface area contributed by atoms with E-state index in [1.807, 2.05) is 13.0 Å². The largest absolute Gasteiger partial charge is 0.396 e. The first-order valence-corrected chi connectivity index (χ1v) is 5.96. The Hall–Kier alpha value is -2.76. The number of hydrogen-bond donors (Lipinski definition) is 1. The van der Waals surface area contributed by atoms with E-state index in [1.54, 1.807) is 24.5 Å². The van der Waals surface area contributed by atoms with Crippen LogP contribution >= 0.6 is 0 Å². The number of pyridine rings is 1.